The van der Waals surface area contributed by atoms with E-state index in [2.05, 4.69) is 11.6 Å². The van der Waals surface area contributed by atoms with Crippen molar-refractivity contribution in [1.29, 1.82) is 0 Å². The van der Waals surface area contributed by atoms with Crippen molar-refractivity contribution in [2.24, 2.45) is 5.41 Å². The molecule has 0 aromatic heterocycles. The molecule has 0 saturated carbocycles. The maximum Gasteiger partial charge on any atom is 0.236 e. The maximum absolute atomic E-state index is 11.6. The van der Waals surface area contributed by atoms with Crippen LogP contribution in [0.15, 0.2) is 0 Å². The Labute approximate surface area is 118 Å². The fourth-order valence-corrected chi connectivity index (χ4v) is 3.63. The Morgan fingerprint density at radius 3 is 2.59 bits per heavy atom. The third-order valence-electron chi connectivity index (χ3n) is 3.27. The van der Waals surface area contributed by atoms with E-state index in [1.165, 1.54) is 11.9 Å². The van der Waals surface area contributed by atoms with Gasteiger partial charge in [0.05, 0.1) is 5.41 Å². The molecule has 1 aliphatic rings. The van der Waals surface area contributed by atoms with Crippen LogP contribution in [0.4, 0.5) is 0 Å². The maximum atomic E-state index is 11.6. The molecule has 1 aliphatic heterocycles. The van der Waals surface area contributed by atoms with Crippen molar-refractivity contribution in [2.45, 2.75) is 56.7 Å². The molecule has 5 heteroatoms. The summed E-state index contributed by atoms with van der Waals surface area (Å²) < 4.78 is 2.81. The molecule has 2 nitrogen and oxygen atoms in total. The van der Waals surface area contributed by atoms with Gasteiger partial charge in [-0.05, 0) is 38.1 Å². The average molecular weight is 298 g/mol. The van der Waals surface area contributed by atoms with Crippen molar-refractivity contribution in [3.8, 4) is 0 Å². The predicted molar refractivity (Wildman–Crippen MR) is 76.7 cm³/mol. The number of halogens is 2. The van der Waals surface area contributed by atoms with E-state index in [1.807, 2.05) is 6.92 Å². The molecule has 0 aliphatic carbocycles. The SMILES string of the molecule is CCCC(Cl)C(Cl)CCCC1(C)CSNC1=O. The lowest BCUT2D eigenvalue weighted by atomic mass is 9.86. The Hall–Kier alpha value is 0.400. The minimum Gasteiger partial charge on any atom is -0.300 e. The van der Waals surface area contributed by atoms with Crippen molar-refractivity contribution in [1.82, 2.24) is 4.72 Å². The van der Waals surface area contributed by atoms with Gasteiger partial charge in [0.15, 0.2) is 0 Å². The first-order valence-electron chi connectivity index (χ1n) is 6.20. The summed E-state index contributed by atoms with van der Waals surface area (Å²) >= 11 is 13.9. The number of amides is 1. The highest BCUT2D eigenvalue weighted by Gasteiger charge is 2.38. The van der Waals surface area contributed by atoms with E-state index >= 15 is 0 Å². The molecular weight excluding hydrogens is 277 g/mol. The van der Waals surface area contributed by atoms with Gasteiger partial charge in [0.1, 0.15) is 0 Å². The lowest BCUT2D eigenvalue weighted by Gasteiger charge is -2.21. The number of hydrogen-bond donors (Lipinski definition) is 1. The molecule has 3 unspecified atom stereocenters. The van der Waals surface area contributed by atoms with Crippen LogP contribution in [0.5, 0.6) is 0 Å². The zero-order chi connectivity index (χ0) is 12.9. The Morgan fingerprint density at radius 2 is 2.06 bits per heavy atom. The van der Waals surface area contributed by atoms with Crippen LogP contribution < -0.4 is 4.72 Å². The van der Waals surface area contributed by atoms with E-state index in [1.54, 1.807) is 0 Å². The highest BCUT2D eigenvalue weighted by Crippen LogP contribution is 2.34. The molecule has 1 saturated heterocycles. The first-order chi connectivity index (χ1) is 7.99. The molecule has 0 aromatic rings. The van der Waals surface area contributed by atoms with Crippen LogP contribution in [0, 0.1) is 5.41 Å². The van der Waals surface area contributed by atoms with Gasteiger partial charge in [-0.15, -0.1) is 23.2 Å². The van der Waals surface area contributed by atoms with Crippen LogP contribution in [0.25, 0.3) is 0 Å². The van der Waals surface area contributed by atoms with Gasteiger partial charge >= 0.3 is 0 Å². The van der Waals surface area contributed by atoms with E-state index in [9.17, 15) is 4.79 Å². The summed E-state index contributed by atoms with van der Waals surface area (Å²) in [5.41, 5.74) is -0.214. The summed E-state index contributed by atoms with van der Waals surface area (Å²) in [5, 5.41) is 0.0820. The summed E-state index contributed by atoms with van der Waals surface area (Å²) in [5.74, 6) is 1.02. The third kappa shape index (κ3) is 4.53. The molecule has 100 valence electrons. The number of carbonyl (C=O) groups excluding carboxylic acids is 1. The molecular formula is C12H21Cl2NOS. The smallest absolute Gasteiger partial charge is 0.236 e. The standard InChI is InChI=1S/C12H21Cl2NOS/c1-3-5-9(13)10(14)6-4-7-12(2)8-17-15-11(12)16/h9-10H,3-8H2,1-2H3,(H,15,16). The second kappa shape index (κ2) is 7.10. The van der Waals surface area contributed by atoms with E-state index < -0.39 is 0 Å². The second-order valence-electron chi connectivity index (χ2n) is 4.99. The number of carbonyl (C=O) groups is 1. The predicted octanol–water partition coefficient (Wildman–Crippen LogP) is 3.96. The second-order valence-corrected chi connectivity index (χ2v) is 6.90. The molecule has 17 heavy (non-hydrogen) atoms. The van der Waals surface area contributed by atoms with Crippen molar-refractivity contribution >= 4 is 41.1 Å². The third-order valence-corrected chi connectivity index (χ3v) is 5.55. The van der Waals surface area contributed by atoms with Crippen LogP contribution in [0.3, 0.4) is 0 Å². The first-order valence-corrected chi connectivity index (χ1v) is 8.06. The first kappa shape index (κ1) is 15.5. The van der Waals surface area contributed by atoms with Crippen molar-refractivity contribution in [3.05, 3.63) is 0 Å². The minimum atomic E-state index is -0.214. The van der Waals surface area contributed by atoms with Crippen LogP contribution in [0.2, 0.25) is 0 Å². The number of hydrogen-bond acceptors (Lipinski definition) is 2. The number of rotatable bonds is 7. The molecule has 3 atom stereocenters. The summed E-state index contributed by atoms with van der Waals surface area (Å²) in [6.45, 7) is 4.13. The summed E-state index contributed by atoms with van der Waals surface area (Å²) in [6, 6.07) is 0. The Balaban J connectivity index is 2.25. The van der Waals surface area contributed by atoms with E-state index in [-0.39, 0.29) is 22.1 Å². The highest BCUT2D eigenvalue weighted by molar-refractivity contribution is 7.98. The van der Waals surface area contributed by atoms with Crippen LogP contribution in [-0.4, -0.2) is 22.4 Å². The molecule has 0 bridgehead atoms. The fraction of sp³-hybridized carbons (Fsp3) is 0.917. The molecule has 0 aromatic carbocycles. The molecule has 1 rings (SSSR count). The fourth-order valence-electron chi connectivity index (χ4n) is 1.96. The average Bonchev–Trinajstić information content (AvgIpc) is 2.59. The molecule has 0 radical (unpaired) electrons. The van der Waals surface area contributed by atoms with Crippen LogP contribution >= 0.6 is 35.1 Å². The van der Waals surface area contributed by atoms with Crippen LogP contribution in [0.1, 0.15) is 46.0 Å². The number of alkyl halides is 2. The molecule has 1 amide bonds. The lowest BCUT2D eigenvalue weighted by Crippen LogP contribution is -2.29. The normalized spacial score (nSPS) is 27.9. The van der Waals surface area contributed by atoms with Gasteiger partial charge in [-0.25, -0.2) is 0 Å². The highest BCUT2D eigenvalue weighted by atomic mass is 35.5. The van der Waals surface area contributed by atoms with Gasteiger partial charge in [-0.1, -0.05) is 19.8 Å². The largest absolute Gasteiger partial charge is 0.300 e. The monoisotopic (exact) mass is 297 g/mol. The van der Waals surface area contributed by atoms with E-state index in [0.717, 1.165) is 37.9 Å². The van der Waals surface area contributed by atoms with Gasteiger partial charge in [-0.3, -0.25) is 9.52 Å². The topological polar surface area (TPSA) is 29.1 Å². The van der Waals surface area contributed by atoms with Gasteiger partial charge in [0.2, 0.25) is 5.91 Å². The van der Waals surface area contributed by atoms with Crippen molar-refractivity contribution in [3.63, 3.8) is 0 Å². The van der Waals surface area contributed by atoms with Gasteiger partial charge in [-0.2, -0.15) is 0 Å². The Morgan fingerprint density at radius 1 is 1.41 bits per heavy atom. The van der Waals surface area contributed by atoms with Crippen molar-refractivity contribution < 1.29 is 4.79 Å². The van der Waals surface area contributed by atoms with Crippen LogP contribution in [-0.2, 0) is 4.79 Å². The minimum absolute atomic E-state index is 0.0253. The summed E-state index contributed by atoms with van der Waals surface area (Å²) in [4.78, 5) is 11.6. The van der Waals surface area contributed by atoms with Gasteiger partial charge in [0, 0.05) is 16.5 Å². The Bertz CT molecular complexity index is 265. The quantitative estimate of drug-likeness (QED) is 0.569. The zero-order valence-electron chi connectivity index (χ0n) is 10.5. The molecule has 0 spiro atoms. The van der Waals surface area contributed by atoms with Crippen molar-refractivity contribution in [2.75, 3.05) is 5.75 Å². The molecule has 1 heterocycles. The van der Waals surface area contributed by atoms with Gasteiger partial charge in [0.25, 0.3) is 0 Å². The van der Waals surface area contributed by atoms with Gasteiger partial charge < -0.3 is 0 Å². The van der Waals surface area contributed by atoms with E-state index in [0.29, 0.717) is 0 Å². The number of nitrogens with one attached hydrogen (secondary N) is 1. The molecule has 1 fully saturated rings. The summed E-state index contributed by atoms with van der Waals surface area (Å²) in [7, 11) is 0. The molecule has 1 N–H and O–H groups in total. The van der Waals surface area contributed by atoms with E-state index in [4.69, 9.17) is 23.2 Å². The Kier molecular flexibility index (Phi) is 6.46. The lowest BCUT2D eigenvalue weighted by molar-refractivity contribution is -0.126. The zero-order valence-corrected chi connectivity index (χ0v) is 12.8. The summed E-state index contributed by atoms with van der Waals surface area (Å²) in [6.07, 6.45) is 4.77.